The van der Waals surface area contributed by atoms with Crippen molar-refractivity contribution in [3.05, 3.63) is 104 Å². The van der Waals surface area contributed by atoms with Crippen LogP contribution in [0.4, 0.5) is 0 Å². The Morgan fingerprint density at radius 1 is 0.839 bits per heavy atom. The number of nitriles is 1. The number of hydrogen-bond acceptors (Lipinski definition) is 2. The van der Waals surface area contributed by atoms with E-state index in [-0.39, 0.29) is 0 Å². The average Bonchev–Trinajstić information content (AvgIpc) is 3.18. The summed E-state index contributed by atoms with van der Waals surface area (Å²) in [5, 5.41) is 14.7. The van der Waals surface area contributed by atoms with Gasteiger partial charge < -0.3 is 5.32 Å². The molecule has 0 spiro atoms. The molecule has 0 saturated heterocycles. The van der Waals surface area contributed by atoms with E-state index in [9.17, 15) is 0 Å². The Morgan fingerprint density at radius 2 is 1.52 bits per heavy atom. The lowest BCUT2D eigenvalue weighted by atomic mass is 9.84. The Labute approximate surface area is 198 Å². The Morgan fingerprint density at radius 3 is 2.19 bits per heavy atom. The number of hydrogen-bond donors (Lipinski definition) is 1. The number of rotatable bonds is 6. The highest BCUT2D eigenvalue weighted by Gasteiger charge is 2.36. The van der Waals surface area contributed by atoms with Crippen molar-refractivity contribution in [2.75, 3.05) is 6.54 Å². The Bertz CT molecular complexity index is 1070. The van der Waals surface area contributed by atoms with Gasteiger partial charge in [0.15, 0.2) is 0 Å². The Kier molecular flexibility index (Phi) is 7.20. The first kappa shape index (κ1) is 22.2. The van der Waals surface area contributed by atoms with Crippen molar-refractivity contribution >= 4 is 34.8 Å². The first-order chi connectivity index (χ1) is 15.0. The third kappa shape index (κ3) is 5.43. The van der Waals surface area contributed by atoms with Crippen molar-refractivity contribution in [3.63, 3.8) is 0 Å². The monoisotopic (exact) mass is 468 g/mol. The molecule has 0 radical (unpaired) electrons. The molecule has 3 aromatic carbocycles. The van der Waals surface area contributed by atoms with Crippen LogP contribution in [0.25, 0.3) is 0 Å². The molecule has 0 aliphatic heterocycles. The van der Waals surface area contributed by atoms with Crippen molar-refractivity contribution < 1.29 is 0 Å². The zero-order valence-corrected chi connectivity index (χ0v) is 19.3. The summed E-state index contributed by atoms with van der Waals surface area (Å²) in [6.07, 6.45) is 2.15. The van der Waals surface area contributed by atoms with Gasteiger partial charge in [-0.3, -0.25) is 0 Å². The third-order valence-electron chi connectivity index (χ3n) is 6.17. The zero-order chi connectivity index (χ0) is 21.8. The first-order valence-electron chi connectivity index (χ1n) is 10.4. The molecule has 1 aliphatic carbocycles. The second-order valence-electron chi connectivity index (χ2n) is 8.21. The van der Waals surface area contributed by atoms with Gasteiger partial charge in [-0.1, -0.05) is 65.1 Å². The largest absolute Gasteiger partial charge is 0.312 e. The second-order valence-corrected chi connectivity index (χ2v) is 9.49. The number of nitrogens with one attached hydrogen (secondary N) is 1. The minimum atomic E-state index is 0.340. The molecular formula is C26H23Cl3N2. The number of nitrogens with zero attached hydrogens (tertiary/aromatic N) is 1. The van der Waals surface area contributed by atoms with E-state index < -0.39 is 0 Å². The molecule has 0 heterocycles. The molecule has 1 fully saturated rings. The quantitative estimate of drug-likeness (QED) is 0.404. The molecule has 0 amide bonds. The van der Waals surface area contributed by atoms with Crippen LogP contribution < -0.4 is 5.32 Å². The molecule has 158 valence electrons. The maximum atomic E-state index is 8.95. The van der Waals surface area contributed by atoms with Gasteiger partial charge in [0.25, 0.3) is 0 Å². The minimum Gasteiger partial charge on any atom is -0.312 e. The van der Waals surface area contributed by atoms with Gasteiger partial charge in [-0.05, 0) is 90.2 Å². The molecule has 2 nitrogen and oxygen atoms in total. The lowest BCUT2D eigenvalue weighted by Gasteiger charge is -2.21. The van der Waals surface area contributed by atoms with Crippen LogP contribution in [0.2, 0.25) is 15.1 Å². The van der Waals surface area contributed by atoms with Crippen molar-refractivity contribution in [1.82, 2.24) is 5.32 Å². The highest BCUT2D eigenvalue weighted by atomic mass is 35.5. The second kappa shape index (κ2) is 10.1. The summed E-state index contributed by atoms with van der Waals surface area (Å²) in [5.74, 6) is 1.26. The smallest absolute Gasteiger partial charge is 0.0991 e. The molecule has 0 aromatic heterocycles. The van der Waals surface area contributed by atoms with Crippen molar-refractivity contribution in [2.45, 2.75) is 31.2 Å². The van der Waals surface area contributed by atoms with E-state index in [1.165, 1.54) is 16.7 Å². The van der Waals surface area contributed by atoms with Gasteiger partial charge in [0, 0.05) is 21.6 Å². The fourth-order valence-corrected chi connectivity index (χ4v) is 5.33. The van der Waals surface area contributed by atoms with Gasteiger partial charge in [-0.2, -0.15) is 5.26 Å². The van der Waals surface area contributed by atoms with Gasteiger partial charge in [-0.25, -0.2) is 0 Å². The molecule has 31 heavy (non-hydrogen) atoms. The summed E-state index contributed by atoms with van der Waals surface area (Å²) < 4.78 is 0. The maximum absolute atomic E-state index is 8.95. The van der Waals surface area contributed by atoms with E-state index in [0.717, 1.165) is 36.0 Å². The number of halogens is 3. The number of benzene rings is 3. The van der Waals surface area contributed by atoms with Crippen LogP contribution in [0.15, 0.2) is 66.7 Å². The fraction of sp³-hybridized carbons (Fsp3) is 0.269. The van der Waals surface area contributed by atoms with E-state index in [0.29, 0.717) is 28.3 Å². The minimum absolute atomic E-state index is 0.340. The standard InChI is InChI=1S/C26H23Cl3N2/c27-21-7-5-20(6-8-21)24-11-19(12-25(24)23-10-9-22(28)13-26(23)29)16-31-15-18-3-1-17(14-30)2-4-18/h1-10,13,19,24-25,31H,11-12,15-16H2/t19-,24-,25+/m1/s1. The Hall–Kier alpha value is -2.02. The average molecular weight is 470 g/mol. The predicted molar refractivity (Wildman–Crippen MR) is 129 cm³/mol. The lowest BCUT2D eigenvalue weighted by molar-refractivity contribution is 0.480. The highest BCUT2D eigenvalue weighted by Crippen LogP contribution is 2.50. The van der Waals surface area contributed by atoms with Gasteiger partial charge in [0.2, 0.25) is 0 Å². The molecule has 3 aromatic rings. The summed E-state index contributed by atoms with van der Waals surface area (Å²) in [6, 6.07) is 23.9. The molecular weight excluding hydrogens is 447 g/mol. The summed E-state index contributed by atoms with van der Waals surface area (Å²) in [6.45, 7) is 1.73. The van der Waals surface area contributed by atoms with E-state index >= 15 is 0 Å². The van der Waals surface area contributed by atoms with Crippen molar-refractivity contribution in [2.24, 2.45) is 5.92 Å². The van der Waals surface area contributed by atoms with Crippen LogP contribution >= 0.6 is 34.8 Å². The third-order valence-corrected chi connectivity index (χ3v) is 6.98. The SMILES string of the molecule is N#Cc1ccc(CNC[C@@H]2C[C@H](c3ccc(Cl)cc3)[C@H](c3ccc(Cl)cc3Cl)C2)cc1. The van der Waals surface area contributed by atoms with E-state index in [4.69, 9.17) is 40.1 Å². The van der Waals surface area contributed by atoms with Gasteiger partial charge >= 0.3 is 0 Å². The molecule has 1 N–H and O–H groups in total. The molecule has 4 rings (SSSR count). The lowest BCUT2D eigenvalue weighted by Crippen LogP contribution is -2.21. The predicted octanol–water partition coefficient (Wildman–Crippen LogP) is 7.59. The van der Waals surface area contributed by atoms with Crippen LogP contribution in [0.5, 0.6) is 0 Å². The molecule has 0 unspecified atom stereocenters. The van der Waals surface area contributed by atoms with Crippen LogP contribution in [0.1, 0.15) is 46.9 Å². The normalized spacial score (nSPS) is 20.5. The zero-order valence-electron chi connectivity index (χ0n) is 17.0. The molecule has 5 heteroatoms. The van der Waals surface area contributed by atoms with E-state index in [1.807, 2.05) is 48.5 Å². The van der Waals surface area contributed by atoms with E-state index in [1.54, 1.807) is 0 Å². The van der Waals surface area contributed by atoms with Gasteiger partial charge in [0.1, 0.15) is 0 Å². The molecule has 1 aliphatic rings. The van der Waals surface area contributed by atoms with Crippen LogP contribution in [0, 0.1) is 17.2 Å². The van der Waals surface area contributed by atoms with Crippen LogP contribution in [0.3, 0.4) is 0 Å². The Balaban J connectivity index is 1.48. The molecule has 1 saturated carbocycles. The molecule has 0 bridgehead atoms. The van der Waals surface area contributed by atoms with Crippen molar-refractivity contribution in [1.29, 1.82) is 5.26 Å². The first-order valence-corrected chi connectivity index (χ1v) is 11.6. The summed E-state index contributed by atoms with van der Waals surface area (Å²) in [4.78, 5) is 0. The summed E-state index contributed by atoms with van der Waals surface area (Å²) in [7, 11) is 0. The van der Waals surface area contributed by atoms with Crippen LogP contribution in [-0.4, -0.2) is 6.54 Å². The maximum Gasteiger partial charge on any atom is 0.0991 e. The van der Waals surface area contributed by atoms with Gasteiger partial charge in [0.05, 0.1) is 11.6 Å². The summed E-state index contributed by atoms with van der Waals surface area (Å²) >= 11 is 18.9. The van der Waals surface area contributed by atoms with E-state index in [2.05, 4.69) is 29.6 Å². The fourth-order valence-electron chi connectivity index (χ4n) is 4.65. The summed E-state index contributed by atoms with van der Waals surface area (Å²) in [5.41, 5.74) is 4.34. The highest BCUT2D eigenvalue weighted by molar-refractivity contribution is 6.35. The van der Waals surface area contributed by atoms with Crippen LogP contribution in [-0.2, 0) is 6.54 Å². The topological polar surface area (TPSA) is 35.8 Å². The molecule has 3 atom stereocenters. The van der Waals surface area contributed by atoms with Gasteiger partial charge in [-0.15, -0.1) is 0 Å². The van der Waals surface area contributed by atoms with Crippen molar-refractivity contribution in [3.8, 4) is 6.07 Å².